The lowest BCUT2D eigenvalue weighted by Gasteiger charge is -2.33. The highest BCUT2D eigenvalue weighted by Crippen LogP contribution is 2.46. The molecule has 6 nitrogen and oxygen atoms in total. The van der Waals surface area contributed by atoms with Gasteiger partial charge in [-0.2, -0.15) is 0 Å². The Bertz CT molecular complexity index is 1300. The summed E-state index contributed by atoms with van der Waals surface area (Å²) in [6.45, 7) is 8.92. The van der Waals surface area contributed by atoms with E-state index in [1.807, 2.05) is 43.3 Å². The lowest BCUT2D eigenvalue weighted by atomic mass is 9.72. The van der Waals surface area contributed by atoms with Gasteiger partial charge in [0.15, 0.2) is 11.5 Å². The van der Waals surface area contributed by atoms with Crippen molar-refractivity contribution in [2.75, 3.05) is 26.6 Å². The third-order valence-corrected chi connectivity index (χ3v) is 8.23. The number of fused-ring (bicyclic) bond motifs is 1. The molecule has 1 aliphatic carbocycles. The molecule has 37 heavy (non-hydrogen) atoms. The van der Waals surface area contributed by atoms with E-state index in [4.69, 9.17) is 19.2 Å². The van der Waals surface area contributed by atoms with Crippen molar-refractivity contribution in [3.63, 3.8) is 0 Å². The van der Waals surface area contributed by atoms with Crippen LogP contribution in [0.4, 0.5) is 10.7 Å². The van der Waals surface area contributed by atoms with E-state index < -0.39 is 0 Å². The number of aliphatic imine (C=N–C) groups is 1. The van der Waals surface area contributed by atoms with E-state index in [9.17, 15) is 4.79 Å². The van der Waals surface area contributed by atoms with Gasteiger partial charge in [-0.1, -0.05) is 38.5 Å². The van der Waals surface area contributed by atoms with Crippen LogP contribution in [-0.4, -0.2) is 33.5 Å². The third kappa shape index (κ3) is 5.67. The SMILES string of the molecule is COc1ccc(C=Nc2sc3c(c2C(=O)Nc2ccc(C)cc2)CC[C@@H](C(C)(C)C)C3)c(OC)c1OC. The third-order valence-electron chi connectivity index (χ3n) is 7.06. The molecule has 0 spiro atoms. The van der Waals surface area contributed by atoms with E-state index >= 15 is 0 Å². The minimum atomic E-state index is -0.123. The number of benzene rings is 2. The number of carbonyl (C=O) groups excluding carboxylic acids is 1. The summed E-state index contributed by atoms with van der Waals surface area (Å²) in [5.41, 5.74) is 4.67. The number of anilines is 1. The monoisotopic (exact) mass is 520 g/mol. The second kappa shape index (κ2) is 11.0. The Kier molecular flexibility index (Phi) is 7.93. The first-order valence-corrected chi connectivity index (χ1v) is 13.3. The Morgan fingerprint density at radius 1 is 1.03 bits per heavy atom. The molecular weight excluding hydrogens is 484 g/mol. The van der Waals surface area contributed by atoms with E-state index in [2.05, 4.69) is 26.1 Å². The topological polar surface area (TPSA) is 69.2 Å². The number of nitrogens with zero attached hydrogens (tertiary/aromatic N) is 1. The number of rotatable bonds is 7. The van der Waals surface area contributed by atoms with Crippen LogP contribution in [0, 0.1) is 18.3 Å². The summed E-state index contributed by atoms with van der Waals surface area (Å²) in [5, 5.41) is 3.80. The van der Waals surface area contributed by atoms with Gasteiger partial charge in [0, 0.05) is 22.3 Å². The number of aryl methyl sites for hydroxylation is 1. The normalized spacial score (nSPS) is 15.4. The molecule has 1 atom stereocenters. The first-order chi connectivity index (χ1) is 17.7. The zero-order chi connectivity index (χ0) is 26.7. The summed E-state index contributed by atoms with van der Waals surface area (Å²) in [4.78, 5) is 19.7. The van der Waals surface area contributed by atoms with Crippen molar-refractivity contribution in [1.82, 2.24) is 0 Å². The number of ether oxygens (including phenoxy) is 3. The van der Waals surface area contributed by atoms with Crippen LogP contribution in [0.25, 0.3) is 0 Å². The number of amides is 1. The van der Waals surface area contributed by atoms with E-state index in [1.165, 1.54) is 4.88 Å². The Hall–Kier alpha value is -3.32. The standard InChI is InChI=1S/C30H36N2O4S/c1-18-8-12-21(13-9-18)32-28(33)25-22-14-11-20(30(2,3)4)16-24(22)37-29(25)31-17-19-10-15-23(34-5)27(36-7)26(19)35-6/h8-10,12-13,15,17,20H,11,14,16H2,1-7H3,(H,32,33)/t20-/m1/s1. The Morgan fingerprint density at radius 2 is 1.73 bits per heavy atom. The molecule has 1 amide bonds. The van der Waals surface area contributed by atoms with Gasteiger partial charge in [-0.05, 0) is 67.3 Å². The zero-order valence-electron chi connectivity index (χ0n) is 22.7. The number of methoxy groups -OCH3 is 3. The molecule has 1 aromatic heterocycles. The average molecular weight is 521 g/mol. The maximum atomic E-state index is 13.6. The second-order valence-corrected chi connectivity index (χ2v) is 11.6. The zero-order valence-corrected chi connectivity index (χ0v) is 23.5. The van der Waals surface area contributed by atoms with Crippen LogP contribution in [0.1, 0.15) is 59.1 Å². The molecular formula is C30H36N2O4S. The minimum absolute atomic E-state index is 0.123. The van der Waals surface area contributed by atoms with Crippen molar-refractivity contribution in [3.05, 3.63) is 63.5 Å². The molecule has 0 fully saturated rings. The van der Waals surface area contributed by atoms with Crippen molar-refractivity contribution in [1.29, 1.82) is 0 Å². The molecule has 1 heterocycles. The molecule has 196 valence electrons. The maximum Gasteiger partial charge on any atom is 0.259 e. The molecule has 1 aliphatic rings. The van der Waals surface area contributed by atoms with E-state index in [1.54, 1.807) is 38.9 Å². The summed E-state index contributed by atoms with van der Waals surface area (Å²) >= 11 is 1.62. The smallest absolute Gasteiger partial charge is 0.259 e. The average Bonchev–Trinajstić information content (AvgIpc) is 3.25. The van der Waals surface area contributed by atoms with Gasteiger partial charge in [0.05, 0.1) is 26.9 Å². The summed E-state index contributed by atoms with van der Waals surface area (Å²) in [7, 11) is 4.75. The predicted octanol–water partition coefficient (Wildman–Crippen LogP) is 7.24. The molecule has 7 heteroatoms. The molecule has 0 saturated carbocycles. The van der Waals surface area contributed by atoms with Gasteiger partial charge < -0.3 is 19.5 Å². The van der Waals surface area contributed by atoms with E-state index in [0.29, 0.717) is 33.7 Å². The molecule has 0 aliphatic heterocycles. The fourth-order valence-electron chi connectivity index (χ4n) is 4.82. The molecule has 3 aromatic rings. The molecule has 0 unspecified atom stereocenters. The van der Waals surface area contributed by atoms with Gasteiger partial charge in [-0.25, -0.2) is 4.99 Å². The van der Waals surface area contributed by atoms with Crippen LogP contribution < -0.4 is 19.5 Å². The largest absolute Gasteiger partial charge is 0.493 e. The van der Waals surface area contributed by atoms with Gasteiger partial charge in [0.25, 0.3) is 5.91 Å². The highest BCUT2D eigenvalue weighted by molar-refractivity contribution is 7.16. The fraction of sp³-hybridized carbons (Fsp3) is 0.400. The number of nitrogens with one attached hydrogen (secondary N) is 1. The van der Waals surface area contributed by atoms with Gasteiger partial charge in [-0.15, -0.1) is 11.3 Å². The Morgan fingerprint density at radius 3 is 2.35 bits per heavy atom. The lowest BCUT2D eigenvalue weighted by molar-refractivity contribution is 0.102. The molecule has 0 radical (unpaired) electrons. The van der Waals surface area contributed by atoms with Crippen LogP contribution in [0.3, 0.4) is 0 Å². The van der Waals surface area contributed by atoms with Crippen LogP contribution >= 0.6 is 11.3 Å². The van der Waals surface area contributed by atoms with E-state index in [-0.39, 0.29) is 11.3 Å². The van der Waals surface area contributed by atoms with Gasteiger partial charge in [0.2, 0.25) is 5.75 Å². The first kappa shape index (κ1) is 26.7. The Labute approximate surface area is 223 Å². The van der Waals surface area contributed by atoms with Gasteiger partial charge in [-0.3, -0.25) is 4.79 Å². The quantitative estimate of drug-likeness (QED) is 0.334. The van der Waals surface area contributed by atoms with Crippen LogP contribution in [0.5, 0.6) is 17.2 Å². The lowest BCUT2D eigenvalue weighted by Crippen LogP contribution is -2.27. The molecule has 1 N–H and O–H groups in total. The van der Waals surface area contributed by atoms with Crippen molar-refractivity contribution in [2.45, 2.75) is 47.0 Å². The molecule has 0 bridgehead atoms. The van der Waals surface area contributed by atoms with E-state index in [0.717, 1.165) is 41.6 Å². The maximum absolute atomic E-state index is 13.6. The highest BCUT2D eigenvalue weighted by atomic mass is 32.1. The minimum Gasteiger partial charge on any atom is -0.493 e. The number of hydrogen-bond donors (Lipinski definition) is 1. The van der Waals surface area contributed by atoms with Crippen molar-refractivity contribution in [2.24, 2.45) is 16.3 Å². The summed E-state index contributed by atoms with van der Waals surface area (Å²) in [6, 6.07) is 11.5. The van der Waals surface area contributed by atoms with Crippen molar-refractivity contribution >= 4 is 34.1 Å². The van der Waals surface area contributed by atoms with Crippen LogP contribution in [0.2, 0.25) is 0 Å². The van der Waals surface area contributed by atoms with Crippen LogP contribution in [0.15, 0.2) is 41.4 Å². The first-order valence-electron chi connectivity index (χ1n) is 12.5. The van der Waals surface area contributed by atoms with Gasteiger partial charge in [0.1, 0.15) is 5.00 Å². The molecule has 2 aromatic carbocycles. The summed E-state index contributed by atoms with van der Waals surface area (Å²) in [5.74, 6) is 2.06. The van der Waals surface area contributed by atoms with Crippen molar-refractivity contribution < 1.29 is 19.0 Å². The van der Waals surface area contributed by atoms with Gasteiger partial charge >= 0.3 is 0 Å². The molecule has 0 saturated heterocycles. The second-order valence-electron chi connectivity index (χ2n) is 10.5. The number of thiophene rings is 1. The number of hydrogen-bond acceptors (Lipinski definition) is 6. The number of carbonyl (C=O) groups is 1. The van der Waals surface area contributed by atoms with Crippen LogP contribution in [-0.2, 0) is 12.8 Å². The van der Waals surface area contributed by atoms with Crippen molar-refractivity contribution in [3.8, 4) is 17.2 Å². The predicted molar refractivity (Wildman–Crippen MR) is 152 cm³/mol. The highest BCUT2D eigenvalue weighted by Gasteiger charge is 2.33. The Balaban J connectivity index is 1.75. The molecule has 4 rings (SSSR count). The fourth-order valence-corrected chi connectivity index (χ4v) is 6.09. The summed E-state index contributed by atoms with van der Waals surface area (Å²) in [6.07, 6.45) is 4.63. The summed E-state index contributed by atoms with van der Waals surface area (Å²) < 4.78 is 16.6.